The fraction of sp³-hybridized carbons (Fsp3) is 0.765. The molecule has 1 fully saturated rings. The van der Waals surface area contributed by atoms with Gasteiger partial charge in [0.15, 0.2) is 0 Å². The molecule has 1 saturated carbocycles. The number of thiophene rings is 1. The molecule has 1 heterocycles. The minimum atomic E-state index is 0.545. The first-order valence-electron chi connectivity index (χ1n) is 7.84. The predicted molar refractivity (Wildman–Crippen MR) is 85.8 cm³/mol. The average Bonchev–Trinajstić information content (AvgIpc) is 2.84. The van der Waals surface area contributed by atoms with Crippen molar-refractivity contribution < 1.29 is 0 Å². The molecule has 0 radical (unpaired) electrons. The van der Waals surface area contributed by atoms with Gasteiger partial charge < -0.3 is 5.32 Å². The lowest BCUT2D eigenvalue weighted by atomic mass is 9.66. The van der Waals surface area contributed by atoms with Crippen molar-refractivity contribution in [2.24, 2.45) is 17.3 Å². The van der Waals surface area contributed by atoms with Crippen LogP contribution in [0.25, 0.3) is 0 Å². The Labute approximate surface area is 122 Å². The minimum absolute atomic E-state index is 0.545. The maximum atomic E-state index is 3.65. The van der Waals surface area contributed by atoms with Crippen LogP contribution in [0.4, 0.5) is 0 Å². The van der Waals surface area contributed by atoms with E-state index in [4.69, 9.17) is 0 Å². The maximum absolute atomic E-state index is 3.65. The van der Waals surface area contributed by atoms with Crippen molar-refractivity contribution in [2.45, 2.75) is 52.9 Å². The fourth-order valence-electron chi connectivity index (χ4n) is 3.45. The SMILES string of the molecule is CCCNCC1CCC(C)(C)CC1Cc1cccs1. The van der Waals surface area contributed by atoms with Gasteiger partial charge in [0.25, 0.3) is 0 Å². The molecule has 1 aromatic rings. The topological polar surface area (TPSA) is 12.0 Å². The summed E-state index contributed by atoms with van der Waals surface area (Å²) in [6.45, 7) is 9.54. The number of nitrogens with one attached hydrogen (secondary N) is 1. The lowest BCUT2D eigenvalue weighted by Crippen LogP contribution is -2.37. The molecule has 0 amide bonds. The lowest BCUT2D eigenvalue weighted by Gasteiger charge is -2.41. The van der Waals surface area contributed by atoms with Gasteiger partial charge in [0.05, 0.1) is 0 Å². The summed E-state index contributed by atoms with van der Waals surface area (Å²) in [4.78, 5) is 1.57. The summed E-state index contributed by atoms with van der Waals surface area (Å²) < 4.78 is 0. The molecule has 0 bridgehead atoms. The van der Waals surface area contributed by atoms with Gasteiger partial charge in [-0.3, -0.25) is 0 Å². The summed E-state index contributed by atoms with van der Waals surface area (Å²) in [5.41, 5.74) is 0.545. The van der Waals surface area contributed by atoms with Crippen molar-refractivity contribution in [3.05, 3.63) is 22.4 Å². The van der Waals surface area contributed by atoms with E-state index < -0.39 is 0 Å². The van der Waals surface area contributed by atoms with Gasteiger partial charge in [0.2, 0.25) is 0 Å². The van der Waals surface area contributed by atoms with Crippen molar-refractivity contribution in [2.75, 3.05) is 13.1 Å². The van der Waals surface area contributed by atoms with Gasteiger partial charge in [-0.15, -0.1) is 11.3 Å². The van der Waals surface area contributed by atoms with E-state index in [-0.39, 0.29) is 0 Å². The van der Waals surface area contributed by atoms with Crippen LogP contribution in [-0.2, 0) is 6.42 Å². The summed E-state index contributed by atoms with van der Waals surface area (Å²) in [5.74, 6) is 1.74. The van der Waals surface area contributed by atoms with Gasteiger partial charge in [-0.25, -0.2) is 0 Å². The molecule has 108 valence electrons. The van der Waals surface area contributed by atoms with Crippen molar-refractivity contribution in [3.63, 3.8) is 0 Å². The van der Waals surface area contributed by atoms with E-state index in [1.165, 1.54) is 45.2 Å². The first-order valence-corrected chi connectivity index (χ1v) is 8.72. The Bertz CT molecular complexity index is 355. The Morgan fingerprint density at radius 2 is 2.21 bits per heavy atom. The van der Waals surface area contributed by atoms with E-state index in [2.05, 4.69) is 43.6 Å². The van der Waals surface area contributed by atoms with E-state index in [0.717, 1.165) is 11.8 Å². The van der Waals surface area contributed by atoms with Crippen molar-refractivity contribution in [1.29, 1.82) is 0 Å². The molecule has 2 atom stereocenters. The van der Waals surface area contributed by atoms with Crippen molar-refractivity contribution in [1.82, 2.24) is 5.32 Å². The number of hydrogen-bond donors (Lipinski definition) is 1. The molecule has 0 aliphatic heterocycles. The number of hydrogen-bond acceptors (Lipinski definition) is 2. The van der Waals surface area contributed by atoms with E-state index in [0.29, 0.717) is 5.41 Å². The zero-order valence-corrected chi connectivity index (χ0v) is 13.6. The van der Waals surface area contributed by atoms with Crippen LogP contribution in [0.3, 0.4) is 0 Å². The Kier molecular flexibility index (Phi) is 5.47. The van der Waals surface area contributed by atoms with Gasteiger partial charge >= 0.3 is 0 Å². The molecule has 1 nitrogen and oxygen atoms in total. The van der Waals surface area contributed by atoms with Crippen LogP contribution in [-0.4, -0.2) is 13.1 Å². The highest BCUT2D eigenvalue weighted by Crippen LogP contribution is 2.43. The Hall–Kier alpha value is -0.340. The highest BCUT2D eigenvalue weighted by molar-refractivity contribution is 7.09. The molecular formula is C17H29NS. The molecule has 2 heteroatoms. The predicted octanol–water partition coefficient (Wildman–Crippen LogP) is 4.73. The Morgan fingerprint density at radius 3 is 2.89 bits per heavy atom. The quantitative estimate of drug-likeness (QED) is 0.742. The van der Waals surface area contributed by atoms with Crippen molar-refractivity contribution in [3.8, 4) is 0 Å². The summed E-state index contributed by atoms with van der Waals surface area (Å²) in [6, 6.07) is 4.50. The van der Waals surface area contributed by atoms with Gasteiger partial charge in [-0.2, -0.15) is 0 Å². The molecule has 0 spiro atoms. The molecule has 1 aliphatic carbocycles. The zero-order valence-electron chi connectivity index (χ0n) is 12.7. The monoisotopic (exact) mass is 279 g/mol. The van der Waals surface area contributed by atoms with Gasteiger partial charge in [0.1, 0.15) is 0 Å². The van der Waals surface area contributed by atoms with Crippen LogP contribution >= 0.6 is 11.3 Å². The summed E-state index contributed by atoms with van der Waals surface area (Å²) >= 11 is 1.93. The third-order valence-corrected chi connectivity index (χ3v) is 5.45. The van der Waals surface area contributed by atoms with E-state index in [9.17, 15) is 0 Å². The normalized spacial score (nSPS) is 26.5. The highest BCUT2D eigenvalue weighted by Gasteiger charge is 2.34. The smallest absolute Gasteiger partial charge is 0.00480 e. The van der Waals surface area contributed by atoms with Gasteiger partial charge in [0, 0.05) is 4.88 Å². The fourth-order valence-corrected chi connectivity index (χ4v) is 4.25. The molecule has 19 heavy (non-hydrogen) atoms. The molecule has 1 aliphatic rings. The second kappa shape index (κ2) is 6.90. The molecule has 1 aromatic heterocycles. The van der Waals surface area contributed by atoms with E-state index in [1.807, 2.05) is 11.3 Å². The molecular weight excluding hydrogens is 250 g/mol. The lowest BCUT2D eigenvalue weighted by molar-refractivity contribution is 0.116. The van der Waals surface area contributed by atoms with E-state index in [1.54, 1.807) is 4.88 Å². The highest BCUT2D eigenvalue weighted by atomic mass is 32.1. The largest absolute Gasteiger partial charge is 0.316 e. The van der Waals surface area contributed by atoms with Crippen LogP contribution in [0.1, 0.15) is 51.3 Å². The van der Waals surface area contributed by atoms with Crippen LogP contribution in [0, 0.1) is 17.3 Å². The van der Waals surface area contributed by atoms with Crippen LogP contribution < -0.4 is 5.32 Å². The average molecular weight is 279 g/mol. The molecule has 2 unspecified atom stereocenters. The first-order chi connectivity index (χ1) is 9.11. The second-order valence-corrected chi connectivity index (χ2v) is 7.95. The first kappa shape index (κ1) is 15.1. The van der Waals surface area contributed by atoms with Gasteiger partial charge in [-0.05, 0) is 73.9 Å². The molecule has 2 rings (SSSR count). The van der Waals surface area contributed by atoms with Crippen molar-refractivity contribution >= 4 is 11.3 Å². The molecule has 0 aromatic carbocycles. The number of rotatable bonds is 6. The molecule has 1 N–H and O–H groups in total. The van der Waals surface area contributed by atoms with Crippen LogP contribution in [0.15, 0.2) is 17.5 Å². The second-order valence-electron chi connectivity index (χ2n) is 6.91. The zero-order chi connectivity index (χ0) is 13.7. The Balaban J connectivity index is 1.95. The molecule has 0 saturated heterocycles. The minimum Gasteiger partial charge on any atom is -0.316 e. The summed E-state index contributed by atoms with van der Waals surface area (Å²) in [6.07, 6.45) is 6.73. The van der Waals surface area contributed by atoms with Crippen LogP contribution in [0.5, 0.6) is 0 Å². The van der Waals surface area contributed by atoms with Crippen LogP contribution in [0.2, 0.25) is 0 Å². The van der Waals surface area contributed by atoms with Gasteiger partial charge in [-0.1, -0.05) is 26.8 Å². The summed E-state index contributed by atoms with van der Waals surface area (Å²) in [5, 5.41) is 5.86. The van der Waals surface area contributed by atoms with E-state index >= 15 is 0 Å². The third kappa shape index (κ3) is 4.61. The third-order valence-electron chi connectivity index (χ3n) is 4.55. The Morgan fingerprint density at radius 1 is 1.37 bits per heavy atom. The maximum Gasteiger partial charge on any atom is 0.00480 e. The standard InChI is InChI=1S/C17H29NS/c1-4-9-18-13-14-7-8-17(2,3)12-15(14)11-16-6-5-10-19-16/h5-6,10,14-15,18H,4,7-9,11-13H2,1-3H3. The summed E-state index contributed by atoms with van der Waals surface area (Å²) in [7, 11) is 0.